The minimum absolute atomic E-state index is 0.201. The average Bonchev–Trinajstić information content (AvgIpc) is 3.12. The molecule has 2 heterocycles. The van der Waals surface area contributed by atoms with Crippen LogP contribution in [0.25, 0.3) is 21.0 Å². The van der Waals surface area contributed by atoms with Gasteiger partial charge in [0.15, 0.2) is 0 Å². The van der Waals surface area contributed by atoms with Crippen LogP contribution in [0.3, 0.4) is 0 Å². The lowest BCUT2D eigenvalue weighted by atomic mass is 10.1. The summed E-state index contributed by atoms with van der Waals surface area (Å²) in [5, 5.41) is 10.7. The summed E-state index contributed by atoms with van der Waals surface area (Å²) in [6, 6.07) is 10.4. The van der Waals surface area contributed by atoms with Crippen LogP contribution < -0.4 is 11.2 Å². The molecule has 4 rings (SSSR count). The van der Waals surface area contributed by atoms with E-state index in [0.29, 0.717) is 17.3 Å². The number of para-hydroxylation sites is 1. The molecule has 0 fully saturated rings. The van der Waals surface area contributed by atoms with Crippen molar-refractivity contribution in [2.75, 3.05) is 0 Å². The maximum absolute atomic E-state index is 13.5. The van der Waals surface area contributed by atoms with E-state index in [1.165, 1.54) is 16.1 Å². The largest absolute Gasteiger partial charge is 0.481 e. The summed E-state index contributed by atoms with van der Waals surface area (Å²) in [5.41, 5.74) is 2.55. The van der Waals surface area contributed by atoms with E-state index >= 15 is 0 Å². The van der Waals surface area contributed by atoms with Crippen LogP contribution in [0, 0.1) is 13.8 Å². The van der Waals surface area contributed by atoms with Gasteiger partial charge in [-0.25, -0.2) is 4.79 Å². The lowest BCUT2D eigenvalue weighted by molar-refractivity contribution is -0.138. The maximum atomic E-state index is 13.5. The van der Waals surface area contributed by atoms with Gasteiger partial charge in [-0.1, -0.05) is 25.1 Å². The smallest absolute Gasteiger partial charge is 0.332 e. The monoisotopic (exact) mass is 437 g/mol. The first-order valence-electron chi connectivity index (χ1n) is 10.1. The Balaban J connectivity index is 1.97. The van der Waals surface area contributed by atoms with Crippen molar-refractivity contribution >= 4 is 38.5 Å². The number of nitrogens with zero attached hydrogens (tertiary/aromatic N) is 3. The molecule has 1 atom stereocenters. The second-order valence-electron chi connectivity index (χ2n) is 7.81. The van der Waals surface area contributed by atoms with Crippen molar-refractivity contribution in [1.82, 2.24) is 13.5 Å². The van der Waals surface area contributed by atoms with Crippen molar-refractivity contribution in [2.24, 2.45) is 0 Å². The van der Waals surface area contributed by atoms with E-state index in [2.05, 4.69) is 16.5 Å². The van der Waals surface area contributed by atoms with Crippen LogP contribution in [0.1, 0.15) is 42.6 Å². The van der Waals surface area contributed by atoms with Crippen LogP contribution in [0.15, 0.2) is 46.0 Å². The molecule has 0 bridgehead atoms. The Bertz CT molecular complexity index is 1430. The number of carboxylic acid groups (broad SMARTS) is 1. The van der Waals surface area contributed by atoms with Gasteiger partial charge in [0.2, 0.25) is 0 Å². The second-order valence-corrected chi connectivity index (χ2v) is 8.61. The molecular formula is C23H23N3O4S. The van der Waals surface area contributed by atoms with E-state index in [-0.39, 0.29) is 13.0 Å². The third-order valence-corrected chi connectivity index (χ3v) is 6.45. The molecule has 7 nitrogen and oxygen atoms in total. The minimum Gasteiger partial charge on any atom is -0.481 e. The highest BCUT2D eigenvalue weighted by Gasteiger charge is 2.22. The number of rotatable bonds is 6. The molecule has 0 amide bonds. The quantitative estimate of drug-likeness (QED) is 0.494. The molecular weight excluding hydrogens is 414 g/mol. The van der Waals surface area contributed by atoms with Crippen LogP contribution in [0.4, 0.5) is 0 Å². The number of hydrogen-bond acceptors (Lipinski definition) is 5. The Morgan fingerprint density at radius 2 is 1.94 bits per heavy atom. The summed E-state index contributed by atoms with van der Waals surface area (Å²) in [6.07, 6.45) is 0.0693. The average molecular weight is 438 g/mol. The van der Waals surface area contributed by atoms with Crippen molar-refractivity contribution in [2.45, 2.75) is 46.2 Å². The van der Waals surface area contributed by atoms with Gasteiger partial charge >= 0.3 is 11.7 Å². The summed E-state index contributed by atoms with van der Waals surface area (Å²) in [7, 11) is 0. The highest BCUT2D eigenvalue weighted by atomic mass is 32.1. The van der Waals surface area contributed by atoms with E-state index in [0.717, 1.165) is 31.5 Å². The highest BCUT2D eigenvalue weighted by Crippen LogP contribution is 2.28. The summed E-state index contributed by atoms with van der Waals surface area (Å²) < 4.78 is 8.29. The van der Waals surface area contributed by atoms with Crippen LogP contribution in [0.2, 0.25) is 0 Å². The molecule has 0 saturated heterocycles. The van der Waals surface area contributed by atoms with Crippen LogP contribution >= 0.6 is 11.5 Å². The van der Waals surface area contributed by atoms with Crippen LogP contribution in [-0.4, -0.2) is 24.6 Å². The molecule has 1 N–H and O–H groups in total. The topological polar surface area (TPSA) is 94.2 Å². The predicted molar refractivity (Wildman–Crippen MR) is 122 cm³/mol. The fourth-order valence-corrected chi connectivity index (χ4v) is 5.18. The predicted octanol–water partition coefficient (Wildman–Crippen LogP) is 3.86. The van der Waals surface area contributed by atoms with E-state index in [1.54, 1.807) is 31.2 Å². The van der Waals surface area contributed by atoms with Gasteiger partial charge in [0.25, 0.3) is 5.56 Å². The molecule has 0 saturated carbocycles. The number of carboxylic acids is 1. The van der Waals surface area contributed by atoms with Crippen molar-refractivity contribution in [1.29, 1.82) is 0 Å². The van der Waals surface area contributed by atoms with Gasteiger partial charge in [-0.3, -0.25) is 18.7 Å². The molecule has 2 aromatic heterocycles. The zero-order valence-electron chi connectivity index (χ0n) is 17.6. The van der Waals surface area contributed by atoms with Gasteiger partial charge in [-0.05, 0) is 61.1 Å². The molecule has 1 unspecified atom stereocenters. The first-order valence-corrected chi connectivity index (χ1v) is 10.9. The third kappa shape index (κ3) is 3.67. The Morgan fingerprint density at radius 3 is 2.65 bits per heavy atom. The van der Waals surface area contributed by atoms with Crippen molar-refractivity contribution in [3.63, 3.8) is 0 Å². The summed E-state index contributed by atoms with van der Waals surface area (Å²) >= 11 is 1.39. The highest BCUT2D eigenvalue weighted by molar-refractivity contribution is 7.13. The summed E-state index contributed by atoms with van der Waals surface area (Å²) in [4.78, 5) is 38.0. The Morgan fingerprint density at radius 1 is 1.19 bits per heavy atom. The zero-order chi connectivity index (χ0) is 22.3. The molecule has 0 aliphatic carbocycles. The number of fused-ring (bicyclic) bond motifs is 2. The molecule has 4 aromatic rings. The first-order chi connectivity index (χ1) is 14.8. The van der Waals surface area contributed by atoms with Gasteiger partial charge < -0.3 is 5.11 Å². The van der Waals surface area contributed by atoms with Crippen molar-refractivity contribution < 1.29 is 9.90 Å². The first kappa shape index (κ1) is 21.0. The molecule has 0 radical (unpaired) electrons. The Labute approximate surface area is 182 Å². The van der Waals surface area contributed by atoms with Crippen molar-refractivity contribution in [3.05, 3.63) is 74.1 Å². The number of benzene rings is 2. The van der Waals surface area contributed by atoms with Gasteiger partial charge in [0, 0.05) is 5.39 Å². The van der Waals surface area contributed by atoms with E-state index in [9.17, 15) is 19.5 Å². The van der Waals surface area contributed by atoms with Gasteiger partial charge in [-0.15, -0.1) is 0 Å². The number of aryl methyl sites for hydroxylation is 2. The minimum atomic E-state index is -1.05. The Kier molecular flexibility index (Phi) is 5.49. The normalized spacial score (nSPS) is 12.5. The second kappa shape index (κ2) is 8.11. The van der Waals surface area contributed by atoms with E-state index < -0.39 is 23.3 Å². The molecule has 8 heteroatoms. The Hall–Kier alpha value is -3.26. The molecule has 31 heavy (non-hydrogen) atoms. The molecule has 2 aromatic carbocycles. The summed E-state index contributed by atoms with van der Waals surface area (Å²) in [6.45, 7) is 6.04. The van der Waals surface area contributed by atoms with Crippen LogP contribution in [-0.2, 0) is 11.3 Å². The fourth-order valence-electron chi connectivity index (χ4n) is 4.21. The SMILES string of the molecule is CCC(CC(=O)O)n1c(=O)c2ccccc2n(Cc2nsc3cc(C)cc(C)c23)c1=O. The fraction of sp³-hybridized carbons (Fsp3) is 0.304. The number of hydrogen-bond donors (Lipinski definition) is 1. The number of carbonyl (C=O) groups is 1. The lowest BCUT2D eigenvalue weighted by Gasteiger charge is -2.19. The zero-order valence-corrected chi connectivity index (χ0v) is 18.4. The van der Waals surface area contributed by atoms with E-state index in [1.807, 2.05) is 13.8 Å². The maximum Gasteiger partial charge on any atom is 0.332 e. The molecule has 0 aliphatic heterocycles. The number of aliphatic carboxylic acids is 1. The lowest BCUT2D eigenvalue weighted by Crippen LogP contribution is -2.43. The third-order valence-electron chi connectivity index (χ3n) is 5.62. The van der Waals surface area contributed by atoms with E-state index in [4.69, 9.17) is 0 Å². The standard InChI is InChI=1S/C23H23N3O4S/c1-4-15(11-20(27)28)26-22(29)16-7-5-6-8-18(16)25(23(26)30)12-17-21-14(3)9-13(2)10-19(21)31-24-17/h5-10,15H,4,11-12H2,1-3H3,(H,27,28). The molecule has 0 spiro atoms. The summed E-state index contributed by atoms with van der Waals surface area (Å²) in [5.74, 6) is -1.05. The number of aromatic nitrogens is 3. The van der Waals surface area contributed by atoms with Gasteiger partial charge in [-0.2, -0.15) is 4.37 Å². The molecule has 0 aliphatic rings. The van der Waals surface area contributed by atoms with Crippen LogP contribution in [0.5, 0.6) is 0 Å². The van der Waals surface area contributed by atoms with Crippen molar-refractivity contribution in [3.8, 4) is 0 Å². The van der Waals surface area contributed by atoms with Gasteiger partial charge in [0.1, 0.15) is 0 Å². The van der Waals surface area contributed by atoms with Gasteiger partial charge in [0.05, 0.1) is 40.3 Å². The molecule has 160 valence electrons.